The van der Waals surface area contributed by atoms with Crippen LogP contribution in [0.2, 0.25) is 0 Å². The number of fused-ring (bicyclic) bond motifs is 1. The Morgan fingerprint density at radius 3 is 2.25 bits per heavy atom. The lowest BCUT2D eigenvalue weighted by Gasteiger charge is -2.21. The van der Waals surface area contributed by atoms with Gasteiger partial charge in [0.05, 0.1) is 6.42 Å². The van der Waals surface area contributed by atoms with E-state index in [9.17, 15) is 27.6 Å². The number of carbonyl (C=O) groups is 3. The predicted octanol–water partition coefficient (Wildman–Crippen LogP) is 2.22. The van der Waals surface area contributed by atoms with Gasteiger partial charge < -0.3 is 10.0 Å². The summed E-state index contributed by atoms with van der Waals surface area (Å²) in [5.41, 5.74) is 1.85. The van der Waals surface area contributed by atoms with E-state index in [1.165, 1.54) is 0 Å². The lowest BCUT2D eigenvalue weighted by atomic mass is 9.97. The molecule has 130 valence electrons. The monoisotopic (exact) mass is 343 g/mol. The molecule has 0 saturated carbocycles. The average molecular weight is 343 g/mol. The van der Waals surface area contributed by atoms with Crippen molar-refractivity contribution in [2.24, 2.45) is 0 Å². The second kappa shape index (κ2) is 7.02. The number of benzene rings is 1. The zero-order valence-electron chi connectivity index (χ0n) is 12.7. The average Bonchev–Trinajstić information content (AvgIpc) is 2.72. The van der Waals surface area contributed by atoms with E-state index in [0.717, 1.165) is 10.5 Å². The topological polar surface area (TPSA) is 74.7 Å². The molecule has 1 aliphatic rings. The van der Waals surface area contributed by atoms with Gasteiger partial charge in [-0.2, -0.15) is 13.2 Å². The Bertz CT molecular complexity index is 670. The van der Waals surface area contributed by atoms with Crippen LogP contribution in [0.3, 0.4) is 0 Å². The van der Waals surface area contributed by atoms with Crippen molar-refractivity contribution in [3.8, 4) is 0 Å². The highest BCUT2D eigenvalue weighted by atomic mass is 19.4. The lowest BCUT2D eigenvalue weighted by molar-refractivity contribution is -0.185. The van der Waals surface area contributed by atoms with Crippen molar-refractivity contribution in [1.82, 2.24) is 4.90 Å². The maximum atomic E-state index is 12.5. The molecule has 0 aromatic heterocycles. The summed E-state index contributed by atoms with van der Waals surface area (Å²) in [6, 6.07) is 4.79. The van der Waals surface area contributed by atoms with Crippen molar-refractivity contribution in [1.29, 1.82) is 0 Å². The van der Waals surface area contributed by atoms with Crippen LogP contribution in [0.1, 0.15) is 34.3 Å². The number of carboxylic acids is 1. The van der Waals surface area contributed by atoms with Gasteiger partial charge in [-0.1, -0.05) is 12.1 Å². The van der Waals surface area contributed by atoms with Crippen LogP contribution >= 0.6 is 0 Å². The summed E-state index contributed by atoms with van der Waals surface area (Å²) in [7, 11) is 0. The molecule has 8 heteroatoms. The standard InChI is InChI=1S/C16H16F3NO4/c17-16(18,19)15(24)20-7-5-10-1-2-12(9-11(10)6-8-20)13(21)3-4-14(22)23/h1-2,9H,3-8H2,(H,22,23). The summed E-state index contributed by atoms with van der Waals surface area (Å²) < 4.78 is 37.6. The normalized spacial score (nSPS) is 14.7. The molecule has 1 aromatic rings. The third-order valence-electron chi connectivity index (χ3n) is 3.93. The molecule has 0 fully saturated rings. The molecule has 1 N–H and O–H groups in total. The Morgan fingerprint density at radius 2 is 1.67 bits per heavy atom. The maximum absolute atomic E-state index is 12.5. The van der Waals surface area contributed by atoms with Gasteiger partial charge in [-0.25, -0.2) is 0 Å². The summed E-state index contributed by atoms with van der Waals surface area (Å²) in [6.45, 7) is -0.101. The Morgan fingerprint density at radius 1 is 1.04 bits per heavy atom. The minimum atomic E-state index is -4.89. The third kappa shape index (κ3) is 4.33. The number of ketones is 1. The second-order valence-corrected chi connectivity index (χ2v) is 5.59. The van der Waals surface area contributed by atoms with Crippen molar-refractivity contribution in [2.45, 2.75) is 31.9 Å². The van der Waals surface area contributed by atoms with Gasteiger partial charge in [-0.15, -0.1) is 0 Å². The van der Waals surface area contributed by atoms with E-state index < -0.39 is 18.1 Å². The zero-order chi connectivity index (χ0) is 17.9. The number of hydrogen-bond donors (Lipinski definition) is 1. The molecule has 0 aliphatic carbocycles. The van der Waals surface area contributed by atoms with Crippen LogP contribution in [-0.2, 0) is 22.4 Å². The Labute approximate surface area is 136 Å². The first-order chi connectivity index (χ1) is 11.2. The summed E-state index contributed by atoms with van der Waals surface area (Å²) in [5, 5.41) is 8.60. The van der Waals surface area contributed by atoms with Crippen LogP contribution in [-0.4, -0.2) is 46.9 Å². The van der Waals surface area contributed by atoms with Gasteiger partial charge in [0.1, 0.15) is 0 Å². The van der Waals surface area contributed by atoms with Gasteiger partial charge in [0.15, 0.2) is 5.78 Å². The van der Waals surface area contributed by atoms with Gasteiger partial charge in [0, 0.05) is 25.1 Å². The molecule has 0 radical (unpaired) electrons. The number of halogens is 3. The van der Waals surface area contributed by atoms with Gasteiger partial charge in [0.25, 0.3) is 0 Å². The van der Waals surface area contributed by atoms with Crippen LogP contribution in [0.4, 0.5) is 13.2 Å². The number of nitrogens with zero attached hydrogens (tertiary/aromatic N) is 1. The SMILES string of the molecule is O=C(O)CCC(=O)c1ccc2c(c1)CCN(C(=O)C(F)(F)F)CC2. The molecule has 0 spiro atoms. The number of aliphatic carboxylic acids is 1. The van der Waals surface area contributed by atoms with Gasteiger partial charge >= 0.3 is 18.1 Å². The second-order valence-electron chi connectivity index (χ2n) is 5.59. The Hall–Kier alpha value is -2.38. The fraction of sp³-hybridized carbons (Fsp3) is 0.438. The summed E-state index contributed by atoms with van der Waals surface area (Å²) >= 11 is 0. The molecule has 1 amide bonds. The first-order valence-corrected chi connectivity index (χ1v) is 7.41. The molecule has 2 rings (SSSR count). The molecule has 0 bridgehead atoms. The number of amides is 1. The third-order valence-corrected chi connectivity index (χ3v) is 3.93. The highest BCUT2D eigenvalue weighted by Crippen LogP contribution is 2.23. The van der Waals surface area contributed by atoms with Crippen LogP contribution in [0.5, 0.6) is 0 Å². The molecule has 0 saturated heterocycles. The van der Waals surface area contributed by atoms with Crippen LogP contribution in [0, 0.1) is 0 Å². The van der Waals surface area contributed by atoms with Crippen LogP contribution < -0.4 is 0 Å². The fourth-order valence-corrected chi connectivity index (χ4v) is 2.65. The molecular weight excluding hydrogens is 327 g/mol. The number of alkyl halides is 3. The molecule has 1 heterocycles. The smallest absolute Gasteiger partial charge is 0.471 e. The minimum absolute atomic E-state index is 0.0301. The molecule has 5 nitrogen and oxygen atoms in total. The number of rotatable bonds is 4. The summed E-state index contributed by atoms with van der Waals surface area (Å²) in [5.74, 6) is -3.25. The first kappa shape index (κ1) is 18.0. The Kier molecular flexibility index (Phi) is 5.26. The van der Waals surface area contributed by atoms with Gasteiger partial charge in [0.2, 0.25) is 0 Å². The molecule has 24 heavy (non-hydrogen) atoms. The maximum Gasteiger partial charge on any atom is 0.471 e. The first-order valence-electron chi connectivity index (χ1n) is 7.41. The number of Topliss-reactive ketones (excluding diaryl/α,β-unsaturated/α-hetero) is 1. The molecular formula is C16H16F3NO4. The van der Waals surface area contributed by atoms with E-state index in [0.29, 0.717) is 11.1 Å². The Balaban J connectivity index is 2.11. The van der Waals surface area contributed by atoms with E-state index in [-0.39, 0.29) is 44.6 Å². The molecule has 0 unspecified atom stereocenters. The fourth-order valence-electron chi connectivity index (χ4n) is 2.65. The largest absolute Gasteiger partial charge is 0.481 e. The highest BCUT2D eigenvalue weighted by Gasteiger charge is 2.42. The van der Waals surface area contributed by atoms with Crippen molar-refractivity contribution < 1.29 is 32.7 Å². The highest BCUT2D eigenvalue weighted by molar-refractivity contribution is 5.97. The van der Waals surface area contributed by atoms with Gasteiger partial charge in [-0.05, 0) is 30.0 Å². The number of carbonyl (C=O) groups excluding carboxylic acids is 2. The van der Waals surface area contributed by atoms with Crippen LogP contribution in [0.15, 0.2) is 18.2 Å². The lowest BCUT2D eigenvalue weighted by Crippen LogP contribution is -2.42. The number of carboxylic acid groups (broad SMARTS) is 1. The molecule has 0 atom stereocenters. The van der Waals surface area contributed by atoms with Crippen molar-refractivity contribution in [2.75, 3.05) is 13.1 Å². The molecule has 1 aliphatic heterocycles. The van der Waals surface area contributed by atoms with Crippen molar-refractivity contribution >= 4 is 17.7 Å². The quantitative estimate of drug-likeness (QED) is 0.851. The van der Waals surface area contributed by atoms with Crippen molar-refractivity contribution in [3.05, 3.63) is 34.9 Å². The molecule has 1 aromatic carbocycles. The predicted molar refractivity (Wildman–Crippen MR) is 77.7 cm³/mol. The number of hydrogen-bond acceptors (Lipinski definition) is 3. The van der Waals surface area contributed by atoms with E-state index in [1.54, 1.807) is 18.2 Å². The van der Waals surface area contributed by atoms with E-state index in [4.69, 9.17) is 5.11 Å². The summed E-state index contributed by atoms with van der Waals surface area (Å²) in [6.07, 6.45) is -4.80. The zero-order valence-corrected chi connectivity index (χ0v) is 12.7. The van der Waals surface area contributed by atoms with Gasteiger partial charge in [-0.3, -0.25) is 14.4 Å². The summed E-state index contributed by atoms with van der Waals surface area (Å²) in [4.78, 5) is 34.6. The minimum Gasteiger partial charge on any atom is -0.481 e. The van der Waals surface area contributed by atoms with E-state index in [2.05, 4.69) is 0 Å². The van der Waals surface area contributed by atoms with Crippen molar-refractivity contribution in [3.63, 3.8) is 0 Å². The van der Waals surface area contributed by atoms with E-state index >= 15 is 0 Å². The van der Waals surface area contributed by atoms with E-state index in [1.807, 2.05) is 0 Å². The van der Waals surface area contributed by atoms with Crippen LogP contribution in [0.25, 0.3) is 0 Å².